The molecule has 0 bridgehead atoms. The summed E-state index contributed by atoms with van der Waals surface area (Å²) < 4.78 is 10.1. The molecule has 0 saturated heterocycles. The molecular formula is C9H14O3. The molecule has 0 aromatic rings. The Morgan fingerprint density at radius 2 is 2.58 bits per heavy atom. The fourth-order valence-corrected chi connectivity index (χ4v) is 0.995. The van der Waals surface area contributed by atoms with Crippen LogP contribution in [-0.4, -0.2) is 18.7 Å². The Bertz CT molecular complexity index is 175. The monoisotopic (exact) mass is 170 g/mol. The van der Waals surface area contributed by atoms with Crippen LogP contribution in [0.5, 0.6) is 0 Å². The molecule has 3 nitrogen and oxygen atoms in total. The summed E-state index contributed by atoms with van der Waals surface area (Å²) in [6.07, 6.45) is 6.08. The Morgan fingerprint density at radius 1 is 1.75 bits per heavy atom. The lowest BCUT2D eigenvalue weighted by molar-refractivity contribution is -0.146. The highest BCUT2D eigenvalue weighted by Gasteiger charge is 2.12. The van der Waals surface area contributed by atoms with Crippen molar-refractivity contribution >= 4 is 5.97 Å². The summed E-state index contributed by atoms with van der Waals surface area (Å²) in [6.45, 7) is 2.17. The van der Waals surface area contributed by atoms with Gasteiger partial charge >= 0.3 is 5.97 Å². The second-order valence-corrected chi connectivity index (χ2v) is 2.74. The van der Waals surface area contributed by atoms with Crippen molar-refractivity contribution in [2.75, 3.05) is 6.61 Å². The summed E-state index contributed by atoms with van der Waals surface area (Å²) >= 11 is 0. The molecular weight excluding hydrogens is 156 g/mol. The molecule has 1 aliphatic heterocycles. The van der Waals surface area contributed by atoms with Crippen LogP contribution in [0.25, 0.3) is 0 Å². The van der Waals surface area contributed by atoms with Gasteiger partial charge in [-0.25, -0.2) is 0 Å². The van der Waals surface area contributed by atoms with Gasteiger partial charge in [0, 0.05) is 6.42 Å². The molecule has 68 valence electrons. The van der Waals surface area contributed by atoms with E-state index in [2.05, 4.69) is 0 Å². The van der Waals surface area contributed by atoms with Crippen LogP contribution in [0, 0.1) is 0 Å². The molecule has 3 heteroatoms. The van der Waals surface area contributed by atoms with E-state index in [0.717, 1.165) is 12.8 Å². The highest BCUT2D eigenvalue weighted by molar-refractivity contribution is 5.68. The second-order valence-electron chi connectivity index (χ2n) is 2.74. The molecule has 0 spiro atoms. The number of carbonyl (C=O) groups is 1. The van der Waals surface area contributed by atoms with Gasteiger partial charge in [-0.05, 0) is 18.9 Å². The van der Waals surface area contributed by atoms with E-state index in [1.807, 2.05) is 6.08 Å². The van der Waals surface area contributed by atoms with Gasteiger partial charge in [-0.15, -0.1) is 0 Å². The smallest absolute Gasteiger partial charge is 0.305 e. The van der Waals surface area contributed by atoms with E-state index < -0.39 is 0 Å². The Hall–Kier alpha value is -0.990. The Labute approximate surface area is 72.4 Å². The van der Waals surface area contributed by atoms with Crippen molar-refractivity contribution in [2.24, 2.45) is 0 Å². The van der Waals surface area contributed by atoms with Gasteiger partial charge in [0.1, 0.15) is 12.7 Å². The molecule has 0 fully saturated rings. The van der Waals surface area contributed by atoms with Crippen molar-refractivity contribution in [1.29, 1.82) is 0 Å². The van der Waals surface area contributed by atoms with Crippen LogP contribution in [0.1, 0.15) is 26.2 Å². The van der Waals surface area contributed by atoms with Gasteiger partial charge in [-0.2, -0.15) is 0 Å². The summed E-state index contributed by atoms with van der Waals surface area (Å²) in [5, 5.41) is 0. The first kappa shape index (κ1) is 9.10. The quantitative estimate of drug-likeness (QED) is 0.604. The van der Waals surface area contributed by atoms with Crippen molar-refractivity contribution < 1.29 is 14.3 Å². The summed E-state index contributed by atoms with van der Waals surface area (Å²) in [5.41, 5.74) is 0. The lowest BCUT2D eigenvalue weighted by Gasteiger charge is -2.18. The SMILES string of the molecule is CCC(=O)OCC1CCC=CO1. The zero-order valence-electron chi connectivity index (χ0n) is 7.29. The summed E-state index contributed by atoms with van der Waals surface area (Å²) in [5.74, 6) is -0.159. The number of rotatable bonds is 3. The minimum absolute atomic E-state index is 0.0606. The lowest BCUT2D eigenvalue weighted by Crippen LogP contribution is -2.21. The molecule has 0 saturated carbocycles. The third-order valence-electron chi connectivity index (χ3n) is 1.74. The third kappa shape index (κ3) is 2.95. The Morgan fingerprint density at radius 3 is 3.17 bits per heavy atom. The topological polar surface area (TPSA) is 35.5 Å². The predicted octanol–water partition coefficient (Wildman–Crippen LogP) is 1.63. The largest absolute Gasteiger partial charge is 0.495 e. The van der Waals surface area contributed by atoms with E-state index in [4.69, 9.17) is 9.47 Å². The molecule has 0 amide bonds. The summed E-state index contributed by atoms with van der Waals surface area (Å²) in [4.78, 5) is 10.8. The molecule has 1 rings (SSSR count). The molecule has 12 heavy (non-hydrogen) atoms. The van der Waals surface area contributed by atoms with E-state index in [1.165, 1.54) is 0 Å². The van der Waals surface area contributed by atoms with E-state index in [1.54, 1.807) is 13.2 Å². The maximum Gasteiger partial charge on any atom is 0.305 e. The van der Waals surface area contributed by atoms with E-state index in [-0.39, 0.29) is 12.1 Å². The van der Waals surface area contributed by atoms with Crippen LogP contribution < -0.4 is 0 Å². The van der Waals surface area contributed by atoms with Crippen LogP contribution in [0.3, 0.4) is 0 Å². The van der Waals surface area contributed by atoms with Crippen LogP contribution in [-0.2, 0) is 14.3 Å². The molecule has 1 unspecified atom stereocenters. The van der Waals surface area contributed by atoms with Gasteiger partial charge in [0.05, 0.1) is 6.26 Å². The molecule has 1 atom stereocenters. The van der Waals surface area contributed by atoms with Gasteiger partial charge in [0.15, 0.2) is 0 Å². The highest BCUT2D eigenvalue weighted by atomic mass is 16.6. The molecule has 0 N–H and O–H groups in total. The van der Waals surface area contributed by atoms with Crippen LogP contribution >= 0.6 is 0 Å². The maximum atomic E-state index is 10.8. The summed E-state index contributed by atoms with van der Waals surface area (Å²) in [7, 11) is 0. The molecule has 0 aromatic heterocycles. The minimum Gasteiger partial charge on any atom is -0.495 e. The minimum atomic E-state index is -0.159. The van der Waals surface area contributed by atoms with Gasteiger partial charge in [0.25, 0.3) is 0 Å². The van der Waals surface area contributed by atoms with Crippen molar-refractivity contribution in [3.63, 3.8) is 0 Å². The highest BCUT2D eigenvalue weighted by Crippen LogP contribution is 2.10. The Balaban J connectivity index is 2.14. The normalized spacial score (nSPS) is 21.6. The van der Waals surface area contributed by atoms with E-state index >= 15 is 0 Å². The lowest BCUT2D eigenvalue weighted by atomic mass is 10.2. The van der Waals surface area contributed by atoms with E-state index in [9.17, 15) is 4.79 Å². The van der Waals surface area contributed by atoms with Crippen molar-refractivity contribution in [3.8, 4) is 0 Å². The van der Waals surface area contributed by atoms with Crippen LogP contribution in [0.15, 0.2) is 12.3 Å². The molecule has 0 radical (unpaired) electrons. The predicted molar refractivity (Wildman–Crippen MR) is 44.5 cm³/mol. The second kappa shape index (κ2) is 4.80. The Kier molecular flexibility index (Phi) is 3.64. The first-order valence-electron chi connectivity index (χ1n) is 4.29. The first-order chi connectivity index (χ1) is 5.83. The zero-order valence-corrected chi connectivity index (χ0v) is 7.29. The molecule has 1 heterocycles. The van der Waals surface area contributed by atoms with Gasteiger partial charge in [0.2, 0.25) is 0 Å². The van der Waals surface area contributed by atoms with Gasteiger partial charge in [-0.3, -0.25) is 4.79 Å². The fourth-order valence-electron chi connectivity index (χ4n) is 0.995. The maximum absolute atomic E-state index is 10.8. The van der Waals surface area contributed by atoms with Gasteiger partial charge in [-0.1, -0.05) is 6.92 Å². The standard InChI is InChI=1S/C9H14O3/c1-2-9(10)12-7-8-5-3-4-6-11-8/h4,6,8H,2-3,5,7H2,1H3. The number of carbonyl (C=O) groups excluding carboxylic acids is 1. The molecule has 0 aromatic carbocycles. The zero-order chi connectivity index (χ0) is 8.81. The average molecular weight is 170 g/mol. The summed E-state index contributed by atoms with van der Waals surface area (Å²) in [6, 6.07) is 0. The number of hydrogen-bond acceptors (Lipinski definition) is 3. The number of ether oxygens (including phenoxy) is 2. The third-order valence-corrected chi connectivity index (χ3v) is 1.74. The fraction of sp³-hybridized carbons (Fsp3) is 0.667. The number of allylic oxidation sites excluding steroid dienone is 1. The van der Waals surface area contributed by atoms with Crippen LogP contribution in [0.4, 0.5) is 0 Å². The first-order valence-corrected chi connectivity index (χ1v) is 4.29. The number of esters is 1. The molecule has 0 aliphatic carbocycles. The van der Waals surface area contributed by atoms with Crippen molar-refractivity contribution in [2.45, 2.75) is 32.3 Å². The van der Waals surface area contributed by atoms with E-state index in [0.29, 0.717) is 13.0 Å². The number of hydrogen-bond donors (Lipinski definition) is 0. The van der Waals surface area contributed by atoms with Gasteiger partial charge < -0.3 is 9.47 Å². The van der Waals surface area contributed by atoms with Crippen molar-refractivity contribution in [1.82, 2.24) is 0 Å². The average Bonchev–Trinajstić information content (AvgIpc) is 2.16. The molecule has 1 aliphatic rings. The van der Waals surface area contributed by atoms with Crippen molar-refractivity contribution in [3.05, 3.63) is 12.3 Å². The van der Waals surface area contributed by atoms with Crippen LogP contribution in [0.2, 0.25) is 0 Å².